The molecular formula is C5H8N2O. The van der Waals surface area contributed by atoms with E-state index in [-0.39, 0.29) is 6.03 Å². The van der Waals surface area contributed by atoms with Crippen molar-refractivity contribution in [1.82, 2.24) is 4.90 Å². The van der Waals surface area contributed by atoms with Gasteiger partial charge in [0.05, 0.1) is 6.54 Å². The second kappa shape index (κ2) is 1.58. The molecule has 0 N–H and O–H groups in total. The third kappa shape index (κ3) is 0.710. The van der Waals surface area contributed by atoms with E-state index in [2.05, 4.69) is 4.99 Å². The SMILES string of the molecule is CC1=NC(=O)N(C)C1. The molecule has 1 heterocycles. The van der Waals surface area contributed by atoms with E-state index in [1.165, 1.54) is 0 Å². The van der Waals surface area contributed by atoms with E-state index < -0.39 is 0 Å². The highest BCUT2D eigenvalue weighted by Gasteiger charge is 2.14. The first-order valence-corrected chi connectivity index (χ1v) is 2.49. The molecule has 2 amide bonds. The molecule has 0 bridgehead atoms. The van der Waals surface area contributed by atoms with Gasteiger partial charge in [-0.15, -0.1) is 0 Å². The zero-order chi connectivity index (χ0) is 6.15. The largest absolute Gasteiger partial charge is 0.343 e. The molecule has 1 aliphatic heterocycles. The van der Waals surface area contributed by atoms with Gasteiger partial charge in [0.25, 0.3) is 0 Å². The Morgan fingerprint density at radius 2 is 2.38 bits per heavy atom. The first kappa shape index (κ1) is 5.28. The van der Waals surface area contributed by atoms with Crippen molar-refractivity contribution in [1.29, 1.82) is 0 Å². The summed E-state index contributed by atoms with van der Waals surface area (Å²) in [6, 6.07) is -0.123. The minimum absolute atomic E-state index is 0.123. The van der Waals surface area contributed by atoms with Crippen molar-refractivity contribution in [3.63, 3.8) is 0 Å². The number of carbonyl (C=O) groups excluding carboxylic acids is 1. The summed E-state index contributed by atoms with van der Waals surface area (Å²) in [5.41, 5.74) is 0.900. The van der Waals surface area contributed by atoms with E-state index in [0.29, 0.717) is 6.54 Å². The summed E-state index contributed by atoms with van der Waals surface area (Å²) in [5, 5.41) is 0. The topological polar surface area (TPSA) is 32.7 Å². The number of hydrogen-bond acceptors (Lipinski definition) is 1. The van der Waals surface area contributed by atoms with Gasteiger partial charge in [-0.1, -0.05) is 0 Å². The monoisotopic (exact) mass is 112 g/mol. The van der Waals surface area contributed by atoms with Crippen molar-refractivity contribution in [3.8, 4) is 0 Å². The lowest BCUT2D eigenvalue weighted by Gasteiger charge is -2.02. The average molecular weight is 112 g/mol. The summed E-state index contributed by atoms with van der Waals surface area (Å²) < 4.78 is 0. The van der Waals surface area contributed by atoms with Crippen LogP contribution in [-0.4, -0.2) is 30.2 Å². The standard InChI is InChI=1S/C5H8N2O/c1-4-3-7(2)5(8)6-4/h3H2,1-2H3. The average Bonchev–Trinajstić information content (AvgIpc) is 1.85. The summed E-state index contributed by atoms with van der Waals surface area (Å²) in [6.45, 7) is 2.54. The molecule has 0 radical (unpaired) electrons. The maximum absolute atomic E-state index is 10.5. The van der Waals surface area contributed by atoms with Crippen molar-refractivity contribution in [2.45, 2.75) is 6.92 Å². The van der Waals surface area contributed by atoms with Gasteiger partial charge in [-0.05, 0) is 6.92 Å². The Balaban J connectivity index is 2.70. The molecular weight excluding hydrogens is 104 g/mol. The highest BCUT2D eigenvalue weighted by molar-refractivity contribution is 6.00. The maximum atomic E-state index is 10.5. The van der Waals surface area contributed by atoms with Crippen molar-refractivity contribution >= 4 is 11.7 Å². The van der Waals surface area contributed by atoms with E-state index in [9.17, 15) is 4.79 Å². The summed E-state index contributed by atoms with van der Waals surface area (Å²) in [4.78, 5) is 15.8. The molecule has 0 aliphatic carbocycles. The Kier molecular flexibility index (Phi) is 1.04. The Bertz CT molecular complexity index is 151. The molecule has 0 atom stereocenters. The van der Waals surface area contributed by atoms with Crippen LogP contribution in [0.1, 0.15) is 6.92 Å². The van der Waals surface area contributed by atoms with Crippen LogP contribution in [0.15, 0.2) is 4.99 Å². The third-order valence-electron chi connectivity index (χ3n) is 1.08. The first-order chi connectivity index (χ1) is 3.70. The van der Waals surface area contributed by atoms with Crippen LogP contribution in [-0.2, 0) is 0 Å². The molecule has 44 valence electrons. The molecule has 0 spiro atoms. The number of aliphatic imine (C=N–C) groups is 1. The molecule has 0 saturated heterocycles. The quantitative estimate of drug-likeness (QED) is 0.449. The zero-order valence-electron chi connectivity index (χ0n) is 5.01. The normalized spacial score (nSPS) is 19.5. The summed E-state index contributed by atoms with van der Waals surface area (Å²) in [7, 11) is 1.74. The molecule has 0 aromatic rings. The maximum Gasteiger partial charge on any atom is 0.343 e. The van der Waals surface area contributed by atoms with Crippen LogP contribution >= 0.6 is 0 Å². The van der Waals surface area contributed by atoms with Crippen molar-refractivity contribution < 1.29 is 4.79 Å². The van der Waals surface area contributed by atoms with Crippen LogP contribution in [0.4, 0.5) is 4.79 Å². The number of carbonyl (C=O) groups is 1. The minimum atomic E-state index is -0.123. The number of rotatable bonds is 0. The lowest BCUT2D eigenvalue weighted by atomic mass is 10.4. The van der Waals surface area contributed by atoms with Crippen LogP contribution in [0, 0.1) is 0 Å². The highest BCUT2D eigenvalue weighted by atomic mass is 16.2. The van der Waals surface area contributed by atoms with Gasteiger partial charge in [-0.2, -0.15) is 0 Å². The second-order valence-corrected chi connectivity index (χ2v) is 1.99. The molecule has 8 heavy (non-hydrogen) atoms. The van der Waals surface area contributed by atoms with E-state index >= 15 is 0 Å². The summed E-state index contributed by atoms with van der Waals surface area (Å²) in [5.74, 6) is 0. The molecule has 1 rings (SSSR count). The lowest BCUT2D eigenvalue weighted by Crippen LogP contribution is -2.19. The van der Waals surface area contributed by atoms with Gasteiger partial charge >= 0.3 is 6.03 Å². The number of amides is 2. The molecule has 1 aliphatic rings. The number of urea groups is 1. The van der Waals surface area contributed by atoms with Crippen molar-refractivity contribution in [3.05, 3.63) is 0 Å². The van der Waals surface area contributed by atoms with Gasteiger partial charge in [0, 0.05) is 12.8 Å². The first-order valence-electron chi connectivity index (χ1n) is 2.49. The molecule has 0 fully saturated rings. The van der Waals surface area contributed by atoms with Gasteiger partial charge < -0.3 is 4.90 Å². The Morgan fingerprint density at radius 1 is 1.75 bits per heavy atom. The summed E-state index contributed by atoms with van der Waals surface area (Å²) >= 11 is 0. The van der Waals surface area contributed by atoms with Crippen LogP contribution in [0.5, 0.6) is 0 Å². The molecule has 0 unspecified atom stereocenters. The Morgan fingerprint density at radius 3 is 2.50 bits per heavy atom. The van der Waals surface area contributed by atoms with Gasteiger partial charge in [-0.3, -0.25) is 0 Å². The van der Waals surface area contributed by atoms with Gasteiger partial charge in [0.15, 0.2) is 0 Å². The third-order valence-corrected chi connectivity index (χ3v) is 1.08. The zero-order valence-corrected chi connectivity index (χ0v) is 5.01. The number of hydrogen-bond donors (Lipinski definition) is 0. The van der Waals surface area contributed by atoms with Crippen molar-refractivity contribution in [2.24, 2.45) is 4.99 Å². The minimum Gasteiger partial charge on any atom is -0.320 e. The van der Waals surface area contributed by atoms with Gasteiger partial charge in [-0.25, -0.2) is 9.79 Å². The highest BCUT2D eigenvalue weighted by Crippen LogP contribution is 1.98. The molecule has 0 aromatic carbocycles. The molecule has 0 aromatic heterocycles. The van der Waals surface area contributed by atoms with Crippen LogP contribution in [0.3, 0.4) is 0 Å². The summed E-state index contributed by atoms with van der Waals surface area (Å²) in [6.07, 6.45) is 0. The van der Waals surface area contributed by atoms with E-state index in [0.717, 1.165) is 5.71 Å². The fourth-order valence-corrected chi connectivity index (χ4v) is 0.695. The Hall–Kier alpha value is -0.860. The van der Waals surface area contributed by atoms with E-state index in [4.69, 9.17) is 0 Å². The van der Waals surface area contributed by atoms with Crippen LogP contribution in [0.25, 0.3) is 0 Å². The smallest absolute Gasteiger partial charge is 0.320 e. The fraction of sp³-hybridized carbons (Fsp3) is 0.600. The van der Waals surface area contributed by atoms with Crippen molar-refractivity contribution in [2.75, 3.05) is 13.6 Å². The molecule has 0 saturated carbocycles. The van der Waals surface area contributed by atoms with Gasteiger partial charge in [0.2, 0.25) is 0 Å². The van der Waals surface area contributed by atoms with E-state index in [1.807, 2.05) is 6.92 Å². The second-order valence-electron chi connectivity index (χ2n) is 1.99. The predicted octanol–water partition coefficient (Wildman–Crippen LogP) is 0.513. The van der Waals surface area contributed by atoms with Crippen LogP contribution in [0.2, 0.25) is 0 Å². The fourth-order valence-electron chi connectivity index (χ4n) is 0.695. The predicted molar refractivity (Wildman–Crippen MR) is 31.1 cm³/mol. The van der Waals surface area contributed by atoms with E-state index in [1.54, 1.807) is 11.9 Å². The van der Waals surface area contributed by atoms with Crippen LogP contribution < -0.4 is 0 Å². The van der Waals surface area contributed by atoms with Gasteiger partial charge in [0.1, 0.15) is 0 Å². The lowest BCUT2D eigenvalue weighted by molar-refractivity contribution is 0.228. The number of nitrogens with zero attached hydrogens (tertiary/aromatic N) is 2. The molecule has 3 heteroatoms. The molecule has 3 nitrogen and oxygen atoms in total. The Labute approximate surface area is 48.0 Å².